The number of likely N-dealkylation sites (tertiary alicyclic amines) is 1. The number of aryl methyl sites for hydroxylation is 1. The topological polar surface area (TPSA) is 95.7 Å². The molecule has 2 N–H and O–H groups in total. The predicted molar refractivity (Wildman–Crippen MR) is 91.4 cm³/mol. The molecule has 0 bridgehead atoms. The van der Waals surface area contributed by atoms with Gasteiger partial charge in [-0.3, -0.25) is 10.1 Å². The summed E-state index contributed by atoms with van der Waals surface area (Å²) in [5.41, 5.74) is 1.37. The lowest BCUT2D eigenvalue weighted by atomic mass is 9.70. The zero-order valence-electron chi connectivity index (χ0n) is 14.1. The molecule has 1 aliphatic rings. The van der Waals surface area contributed by atoms with E-state index < -0.39 is 6.09 Å². The highest BCUT2D eigenvalue weighted by Gasteiger charge is 2.39. The Kier molecular flexibility index (Phi) is 4.74. The van der Waals surface area contributed by atoms with Gasteiger partial charge in [-0.15, -0.1) is 0 Å². The number of carbonyl (C=O) groups is 2. The summed E-state index contributed by atoms with van der Waals surface area (Å²) in [6, 6.07) is 11.5. The van der Waals surface area contributed by atoms with Crippen LogP contribution < -0.4 is 5.32 Å². The number of aromatic nitrogens is 1. The van der Waals surface area contributed by atoms with E-state index in [9.17, 15) is 14.7 Å². The Morgan fingerprint density at radius 2 is 1.96 bits per heavy atom. The Bertz CT molecular complexity index is 749. The first-order valence-electron chi connectivity index (χ1n) is 8.25. The summed E-state index contributed by atoms with van der Waals surface area (Å²) in [7, 11) is 0. The number of hydrogen-bond acceptors (Lipinski definition) is 4. The molecule has 7 nitrogen and oxygen atoms in total. The SMILES string of the molecule is Cc1cc(NC(=O)CC2(c3ccccc3)CCN(C(=O)O)CC2)on1. The third kappa shape index (κ3) is 3.81. The second kappa shape index (κ2) is 6.96. The van der Waals surface area contributed by atoms with Crippen LogP contribution in [0.15, 0.2) is 40.9 Å². The first-order valence-corrected chi connectivity index (χ1v) is 8.25. The quantitative estimate of drug-likeness (QED) is 0.889. The number of nitrogens with one attached hydrogen (secondary N) is 1. The van der Waals surface area contributed by atoms with E-state index in [1.165, 1.54) is 4.90 Å². The molecule has 1 aliphatic heterocycles. The maximum absolute atomic E-state index is 12.6. The highest BCUT2D eigenvalue weighted by molar-refractivity contribution is 5.90. The maximum atomic E-state index is 12.6. The first-order chi connectivity index (χ1) is 12.0. The van der Waals surface area contributed by atoms with Gasteiger partial charge in [-0.2, -0.15) is 0 Å². The van der Waals surface area contributed by atoms with Gasteiger partial charge in [0.05, 0.1) is 5.69 Å². The number of nitrogens with zero attached hydrogens (tertiary/aromatic N) is 2. The fourth-order valence-electron chi connectivity index (χ4n) is 3.40. The average molecular weight is 343 g/mol. The Labute approximate surface area is 145 Å². The summed E-state index contributed by atoms with van der Waals surface area (Å²) in [4.78, 5) is 25.2. The zero-order valence-corrected chi connectivity index (χ0v) is 14.1. The molecule has 0 atom stereocenters. The number of amides is 2. The molecule has 2 aromatic rings. The van der Waals surface area contributed by atoms with Crippen molar-refractivity contribution in [2.24, 2.45) is 0 Å². The molecule has 3 rings (SSSR count). The Balaban J connectivity index is 1.78. The minimum absolute atomic E-state index is 0.163. The Hall–Kier alpha value is -2.83. The molecule has 1 aromatic heterocycles. The molecule has 25 heavy (non-hydrogen) atoms. The summed E-state index contributed by atoms with van der Waals surface area (Å²) < 4.78 is 5.04. The summed E-state index contributed by atoms with van der Waals surface area (Å²) >= 11 is 0. The van der Waals surface area contributed by atoms with Gasteiger partial charge in [0.25, 0.3) is 0 Å². The minimum atomic E-state index is -0.914. The molecule has 7 heteroatoms. The van der Waals surface area contributed by atoms with Crippen LogP contribution in [0.2, 0.25) is 0 Å². The van der Waals surface area contributed by atoms with Crippen molar-refractivity contribution < 1.29 is 19.2 Å². The van der Waals surface area contributed by atoms with Gasteiger partial charge in [0.2, 0.25) is 11.8 Å². The lowest BCUT2D eigenvalue weighted by Gasteiger charge is -2.41. The molecular weight excluding hydrogens is 322 g/mol. The zero-order chi connectivity index (χ0) is 17.9. The van der Waals surface area contributed by atoms with E-state index in [0.717, 1.165) is 5.56 Å². The van der Waals surface area contributed by atoms with Crippen LogP contribution in [0.5, 0.6) is 0 Å². The molecule has 2 amide bonds. The van der Waals surface area contributed by atoms with Gasteiger partial charge in [0.15, 0.2) is 0 Å². The van der Waals surface area contributed by atoms with Crippen molar-refractivity contribution in [3.63, 3.8) is 0 Å². The van der Waals surface area contributed by atoms with Crippen LogP contribution in [-0.4, -0.2) is 40.3 Å². The van der Waals surface area contributed by atoms with Gasteiger partial charge >= 0.3 is 6.09 Å². The first kappa shape index (κ1) is 17.0. The normalized spacial score (nSPS) is 16.4. The lowest BCUT2D eigenvalue weighted by Crippen LogP contribution is -2.46. The molecule has 132 valence electrons. The van der Waals surface area contributed by atoms with Gasteiger partial charge in [-0.25, -0.2) is 4.79 Å². The molecular formula is C18H21N3O4. The molecule has 0 radical (unpaired) electrons. The molecule has 0 spiro atoms. The van der Waals surface area contributed by atoms with Gasteiger partial charge in [0.1, 0.15) is 0 Å². The van der Waals surface area contributed by atoms with Gasteiger partial charge in [-0.05, 0) is 25.3 Å². The monoisotopic (exact) mass is 343 g/mol. The Morgan fingerprint density at radius 1 is 1.28 bits per heavy atom. The van der Waals surface area contributed by atoms with Crippen LogP contribution in [0.1, 0.15) is 30.5 Å². The van der Waals surface area contributed by atoms with Crippen LogP contribution in [-0.2, 0) is 10.2 Å². The van der Waals surface area contributed by atoms with E-state index in [4.69, 9.17) is 4.52 Å². The van der Waals surface area contributed by atoms with E-state index in [0.29, 0.717) is 37.5 Å². The van der Waals surface area contributed by atoms with Crippen molar-refractivity contribution in [3.05, 3.63) is 47.7 Å². The maximum Gasteiger partial charge on any atom is 0.407 e. The van der Waals surface area contributed by atoms with Crippen LogP contribution in [0.25, 0.3) is 0 Å². The minimum Gasteiger partial charge on any atom is -0.465 e. The van der Waals surface area contributed by atoms with E-state index in [2.05, 4.69) is 10.5 Å². The van der Waals surface area contributed by atoms with E-state index in [-0.39, 0.29) is 17.7 Å². The summed E-state index contributed by atoms with van der Waals surface area (Å²) in [6.07, 6.45) is 0.561. The van der Waals surface area contributed by atoms with Crippen molar-refractivity contribution >= 4 is 17.9 Å². The van der Waals surface area contributed by atoms with Crippen molar-refractivity contribution in [2.45, 2.75) is 31.6 Å². The Morgan fingerprint density at radius 3 is 2.52 bits per heavy atom. The number of carboxylic acid groups (broad SMARTS) is 1. The second-order valence-electron chi connectivity index (χ2n) is 6.47. The molecule has 1 fully saturated rings. The molecule has 0 aliphatic carbocycles. The van der Waals surface area contributed by atoms with Gasteiger partial charge in [-0.1, -0.05) is 35.5 Å². The number of hydrogen-bond donors (Lipinski definition) is 2. The molecule has 0 unspecified atom stereocenters. The number of carbonyl (C=O) groups excluding carboxylic acids is 1. The van der Waals surface area contributed by atoms with Gasteiger partial charge in [0, 0.05) is 31.0 Å². The van der Waals surface area contributed by atoms with E-state index >= 15 is 0 Å². The number of rotatable bonds is 4. The smallest absolute Gasteiger partial charge is 0.407 e. The van der Waals surface area contributed by atoms with Crippen LogP contribution in [0.4, 0.5) is 10.7 Å². The van der Waals surface area contributed by atoms with E-state index in [1.807, 2.05) is 30.3 Å². The van der Waals surface area contributed by atoms with Crippen molar-refractivity contribution in [2.75, 3.05) is 18.4 Å². The number of benzene rings is 1. The number of anilines is 1. The number of piperidine rings is 1. The van der Waals surface area contributed by atoms with Gasteiger partial charge < -0.3 is 14.5 Å². The van der Waals surface area contributed by atoms with Crippen molar-refractivity contribution in [1.82, 2.24) is 10.1 Å². The largest absolute Gasteiger partial charge is 0.465 e. The standard InChI is InChI=1S/C18H21N3O4/c1-13-11-16(25-20-13)19-15(22)12-18(14-5-3-2-4-6-14)7-9-21(10-8-18)17(23)24/h2-6,11H,7-10,12H2,1H3,(H,19,22)(H,23,24). The highest BCUT2D eigenvalue weighted by Crippen LogP contribution is 2.39. The van der Waals surface area contributed by atoms with Crippen molar-refractivity contribution in [3.8, 4) is 0 Å². The van der Waals surface area contributed by atoms with Crippen LogP contribution >= 0.6 is 0 Å². The predicted octanol–water partition coefficient (Wildman–Crippen LogP) is 3.02. The molecule has 0 saturated carbocycles. The highest BCUT2D eigenvalue weighted by atomic mass is 16.5. The van der Waals surface area contributed by atoms with Crippen LogP contribution in [0, 0.1) is 6.92 Å². The third-order valence-corrected chi connectivity index (χ3v) is 4.77. The molecule has 1 aromatic carbocycles. The van der Waals surface area contributed by atoms with Crippen LogP contribution in [0.3, 0.4) is 0 Å². The summed E-state index contributed by atoms with van der Waals surface area (Å²) in [5, 5.41) is 15.7. The second-order valence-corrected chi connectivity index (χ2v) is 6.47. The fraction of sp³-hybridized carbons (Fsp3) is 0.389. The molecule has 1 saturated heterocycles. The average Bonchev–Trinajstić information content (AvgIpc) is 3.00. The fourth-order valence-corrected chi connectivity index (χ4v) is 3.40. The molecule has 2 heterocycles. The van der Waals surface area contributed by atoms with E-state index in [1.54, 1.807) is 13.0 Å². The van der Waals surface area contributed by atoms with Crippen molar-refractivity contribution in [1.29, 1.82) is 0 Å². The summed E-state index contributed by atoms with van der Waals surface area (Å²) in [6.45, 7) is 2.62. The third-order valence-electron chi connectivity index (χ3n) is 4.77. The summed E-state index contributed by atoms with van der Waals surface area (Å²) in [5.74, 6) is 0.164. The lowest BCUT2D eigenvalue weighted by molar-refractivity contribution is -0.118.